The number of hydrogen-bond acceptors (Lipinski definition) is 2. The van der Waals surface area contributed by atoms with E-state index >= 15 is 0 Å². The van der Waals surface area contributed by atoms with Gasteiger partial charge in [0.1, 0.15) is 5.54 Å². The number of piperazine rings is 1. The van der Waals surface area contributed by atoms with Crippen LogP contribution >= 0.6 is 0 Å². The maximum atomic E-state index is 12.9. The molecule has 1 heterocycles. The molecule has 1 unspecified atom stereocenters. The summed E-state index contributed by atoms with van der Waals surface area (Å²) in [6.07, 6.45) is 3.83. The molecule has 1 saturated heterocycles. The summed E-state index contributed by atoms with van der Waals surface area (Å²) in [5.41, 5.74) is 1.95. The van der Waals surface area contributed by atoms with Gasteiger partial charge in [0.25, 0.3) is 0 Å². The average molecular weight is 284 g/mol. The Balaban J connectivity index is 1.60. The Bertz CT molecular complexity index is 598. The molecule has 4 nitrogen and oxygen atoms in total. The van der Waals surface area contributed by atoms with E-state index in [-0.39, 0.29) is 24.4 Å². The van der Waals surface area contributed by atoms with Gasteiger partial charge >= 0.3 is 0 Å². The summed E-state index contributed by atoms with van der Waals surface area (Å²) in [6, 6.07) is 8.48. The van der Waals surface area contributed by atoms with Gasteiger partial charge in [0.2, 0.25) is 11.8 Å². The largest absolute Gasteiger partial charge is 0.340 e. The molecular weight excluding hydrogens is 264 g/mol. The van der Waals surface area contributed by atoms with Crippen LogP contribution in [0.5, 0.6) is 0 Å². The number of fused-ring (bicyclic) bond motifs is 1. The van der Waals surface area contributed by atoms with Crippen molar-refractivity contribution in [2.24, 2.45) is 5.92 Å². The minimum atomic E-state index is -0.676. The first-order valence-corrected chi connectivity index (χ1v) is 7.77. The summed E-state index contributed by atoms with van der Waals surface area (Å²) < 4.78 is 0. The third kappa shape index (κ3) is 1.96. The van der Waals surface area contributed by atoms with E-state index in [0.29, 0.717) is 5.92 Å². The van der Waals surface area contributed by atoms with Gasteiger partial charge < -0.3 is 10.2 Å². The molecule has 2 amide bonds. The second-order valence-electron chi connectivity index (χ2n) is 6.79. The Morgan fingerprint density at radius 1 is 1.14 bits per heavy atom. The molecule has 0 radical (unpaired) electrons. The molecule has 1 aromatic rings. The van der Waals surface area contributed by atoms with Crippen molar-refractivity contribution < 1.29 is 9.59 Å². The van der Waals surface area contributed by atoms with Gasteiger partial charge in [-0.25, -0.2) is 0 Å². The van der Waals surface area contributed by atoms with Gasteiger partial charge in [0.05, 0.1) is 6.54 Å². The minimum Gasteiger partial charge on any atom is -0.340 e. The predicted octanol–water partition coefficient (Wildman–Crippen LogP) is 1.28. The number of hydrogen-bond donors (Lipinski definition) is 1. The van der Waals surface area contributed by atoms with Crippen LogP contribution in [-0.4, -0.2) is 34.8 Å². The van der Waals surface area contributed by atoms with Crippen molar-refractivity contribution in [3.05, 3.63) is 35.4 Å². The molecule has 3 aliphatic rings. The zero-order valence-electron chi connectivity index (χ0n) is 12.3. The normalized spacial score (nSPS) is 29.5. The van der Waals surface area contributed by atoms with Gasteiger partial charge in [-0.1, -0.05) is 24.3 Å². The number of benzene rings is 1. The zero-order chi connectivity index (χ0) is 14.6. The smallest absolute Gasteiger partial charge is 0.249 e. The van der Waals surface area contributed by atoms with E-state index in [1.165, 1.54) is 11.1 Å². The van der Waals surface area contributed by atoms with Crippen LogP contribution in [0.1, 0.15) is 30.9 Å². The van der Waals surface area contributed by atoms with E-state index in [4.69, 9.17) is 0 Å². The topological polar surface area (TPSA) is 49.4 Å². The van der Waals surface area contributed by atoms with Crippen LogP contribution in [0.15, 0.2) is 24.3 Å². The standard InChI is InChI=1S/C17H20N2O2/c1-17(13-6-7-13)16(21)19(10-15(20)18-17)14-8-11-4-2-3-5-12(11)9-14/h2-5,13-14H,6-10H2,1H3,(H,18,20). The third-order valence-electron chi connectivity index (χ3n) is 5.28. The van der Waals surface area contributed by atoms with E-state index in [1.807, 2.05) is 24.0 Å². The van der Waals surface area contributed by atoms with Crippen LogP contribution in [0.3, 0.4) is 0 Å². The molecule has 4 rings (SSSR count). The van der Waals surface area contributed by atoms with Crippen molar-refractivity contribution in [3.63, 3.8) is 0 Å². The highest BCUT2D eigenvalue weighted by Gasteiger charge is 2.53. The van der Waals surface area contributed by atoms with Crippen LogP contribution in [0, 0.1) is 5.92 Å². The lowest BCUT2D eigenvalue weighted by atomic mass is 9.90. The lowest BCUT2D eigenvalue weighted by Gasteiger charge is -2.42. The average Bonchev–Trinajstić information content (AvgIpc) is 3.23. The van der Waals surface area contributed by atoms with Gasteiger partial charge in [0.15, 0.2) is 0 Å². The van der Waals surface area contributed by atoms with Crippen LogP contribution in [-0.2, 0) is 22.4 Å². The first-order valence-electron chi connectivity index (χ1n) is 7.77. The molecule has 1 aliphatic heterocycles. The van der Waals surface area contributed by atoms with Crippen LogP contribution in [0.4, 0.5) is 0 Å². The molecule has 1 atom stereocenters. The predicted molar refractivity (Wildman–Crippen MR) is 78.6 cm³/mol. The number of nitrogens with zero attached hydrogens (tertiary/aromatic N) is 1. The second-order valence-corrected chi connectivity index (χ2v) is 6.79. The van der Waals surface area contributed by atoms with Gasteiger partial charge in [-0.05, 0) is 49.7 Å². The zero-order valence-corrected chi connectivity index (χ0v) is 12.3. The molecule has 1 saturated carbocycles. The maximum absolute atomic E-state index is 12.9. The number of carbonyl (C=O) groups excluding carboxylic acids is 2. The third-order valence-corrected chi connectivity index (χ3v) is 5.28. The van der Waals surface area contributed by atoms with E-state index in [2.05, 4.69) is 17.4 Å². The van der Waals surface area contributed by atoms with E-state index in [0.717, 1.165) is 25.7 Å². The van der Waals surface area contributed by atoms with Crippen LogP contribution in [0.25, 0.3) is 0 Å². The molecule has 2 fully saturated rings. The van der Waals surface area contributed by atoms with Crippen molar-refractivity contribution in [2.75, 3.05) is 6.54 Å². The molecule has 21 heavy (non-hydrogen) atoms. The van der Waals surface area contributed by atoms with Crippen molar-refractivity contribution in [2.45, 2.75) is 44.2 Å². The molecule has 0 bridgehead atoms. The molecule has 1 aromatic carbocycles. The van der Waals surface area contributed by atoms with Crippen molar-refractivity contribution in [1.29, 1.82) is 0 Å². The lowest BCUT2D eigenvalue weighted by Crippen LogP contribution is -2.68. The number of amides is 2. The summed E-state index contributed by atoms with van der Waals surface area (Å²) in [4.78, 5) is 26.8. The SMILES string of the molecule is CC1(C2CC2)NC(=O)CN(C2Cc3ccccc3C2)C1=O. The highest BCUT2D eigenvalue weighted by molar-refractivity contribution is 5.98. The molecule has 0 aromatic heterocycles. The van der Waals surface area contributed by atoms with Gasteiger partial charge in [0, 0.05) is 6.04 Å². The molecular formula is C17H20N2O2. The number of carbonyl (C=O) groups is 2. The van der Waals surface area contributed by atoms with Crippen molar-refractivity contribution in [3.8, 4) is 0 Å². The monoisotopic (exact) mass is 284 g/mol. The van der Waals surface area contributed by atoms with E-state index in [9.17, 15) is 9.59 Å². The van der Waals surface area contributed by atoms with Gasteiger partial charge in [-0.15, -0.1) is 0 Å². The number of rotatable bonds is 2. The van der Waals surface area contributed by atoms with E-state index < -0.39 is 5.54 Å². The Labute approximate surface area is 124 Å². The maximum Gasteiger partial charge on any atom is 0.249 e. The summed E-state index contributed by atoms with van der Waals surface area (Å²) in [5, 5.41) is 2.95. The summed E-state index contributed by atoms with van der Waals surface area (Å²) >= 11 is 0. The van der Waals surface area contributed by atoms with Crippen LogP contribution in [0.2, 0.25) is 0 Å². The Kier molecular flexibility index (Phi) is 2.65. The molecule has 4 heteroatoms. The van der Waals surface area contributed by atoms with Gasteiger partial charge in [-0.2, -0.15) is 0 Å². The molecule has 1 N–H and O–H groups in total. The highest BCUT2D eigenvalue weighted by atomic mass is 16.2. The Morgan fingerprint density at radius 2 is 1.76 bits per heavy atom. The first kappa shape index (κ1) is 12.9. The Morgan fingerprint density at radius 3 is 2.33 bits per heavy atom. The first-order chi connectivity index (χ1) is 10.1. The minimum absolute atomic E-state index is 0.0139. The van der Waals surface area contributed by atoms with Crippen LogP contribution < -0.4 is 5.32 Å². The lowest BCUT2D eigenvalue weighted by molar-refractivity contribution is -0.152. The van der Waals surface area contributed by atoms with Crippen molar-refractivity contribution in [1.82, 2.24) is 10.2 Å². The quantitative estimate of drug-likeness (QED) is 0.889. The second kappa shape index (κ2) is 4.33. The molecule has 110 valence electrons. The highest BCUT2D eigenvalue weighted by Crippen LogP contribution is 2.42. The fourth-order valence-corrected chi connectivity index (χ4v) is 3.90. The van der Waals surface area contributed by atoms with Gasteiger partial charge in [-0.3, -0.25) is 9.59 Å². The fourth-order valence-electron chi connectivity index (χ4n) is 3.90. The summed E-state index contributed by atoms with van der Waals surface area (Å²) in [6.45, 7) is 2.11. The fraction of sp³-hybridized carbons (Fsp3) is 0.529. The molecule has 2 aliphatic carbocycles. The van der Waals surface area contributed by atoms with Crippen molar-refractivity contribution >= 4 is 11.8 Å². The van der Waals surface area contributed by atoms with E-state index in [1.54, 1.807) is 0 Å². The summed E-state index contributed by atoms with van der Waals surface area (Å²) in [7, 11) is 0. The summed E-state index contributed by atoms with van der Waals surface area (Å²) in [5.74, 6) is 0.419. The Hall–Kier alpha value is -1.84. The molecule has 0 spiro atoms. The number of nitrogens with one attached hydrogen (secondary N) is 1.